The molecule has 2 nitrogen and oxygen atoms in total. The third-order valence-electron chi connectivity index (χ3n) is 4.01. The summed E-state index contributed by atoms with van der Waals surface area (Å²) in [6.07, 6.45) is 5.23. The predicted octanol–water partition coefficient (Wildman–Crippen LogP) is 2.48. The standard InChI is InChI=1S/C14H19NO/c1-9-14(15)13-11(8-16-9)7-6-10-4-2-3-5-12(10)13/h6-7,9,14H,2-5,8,15H2,1H3/t9-,14+/m0/s1. The second-order valence-electron chi connectivity index (χ2n) is 5.03. The summed E-state index contributed by atoms with van der Waals surface area (Å²) in [5.74, 6) is 0. The quantitative estimate of drug-likeness (QED) is 0.724. The monoisotopic (exact) mass is 217 g/mol. The van der Waals surface area contributed by atoms with Crippen LogP contribution in [0.5, 0.6) is 0 Å². The van der Waals surface area contributed by atoms with Crippen LogP contribution in [0.15, 0.2) is 12.1 Å². The normalized spacial score (nSPS) is 28.4. The van der Waals surface area contributed by atoms with E-state index in [0.29, 0.717) is 0 Å². The maximum absolute atomic E-state index is 6.29. The van der Waals surface area contributed by atoms with Crippen molar-refractivity contribution in [1.82, 2.24) is 0 Å². The van der Waals surface area contributed by atoms with Gasteiger partial charge in [-0.15, -0.1) is 0 Å². The van der Waals surface area contributed by atoms with Crippen molar-refractivity contribution in [2.75, 3.05) is 0 Å². The molecule has 1 aliphatic heterocycles. The summed E-state index contributed by atoms with van der Waals surface area (Å²) < 4.78 is 5.68. The van der Waals surface area contributed by atoms with Crippen molar-refractivity contribution in [3.05, 3.63) is 34.4 Å². The Hall–Kier alpha value is -0.860. The van der Waals surface area contributed by atoms with Gasteiger partial charge in [0.1, 0.15) is 0 Å². The van der Waals surface area contributed by atoms with E-state index in [-0.39, 0.29) is 12.1 Å². The summed E-state index contributed by atoms with van der Waals surface area (Å²) in [6, 6.07) is 4.56. The fourth-order valence-electron chi connectivity index (χ4n) is 3.01. The minimum atomic E-state index is 0.0665. The van der Waals surface area contributed by atoms with Crippen LogP contribution in [-0.2, 0) is 24.2 Å². The average Bonchev–Trinajstić information content (AvgIpc) is 2.33. The summed E-state index contributed by atoms with van der Waals surface area (Å²) in [4.78, 5) is 0. The lowest BCUT2D eigenvalue weighted by Crippen LogP contribution is -2.33. The van der Waals surface area contributed by atoms with E-state index in [9.17, 15) is 0 Å². The first-order valence-corrected chi connectivity index (χ1v) is 6.28. The Labute approximate surface area is 96.8 Å². The molecule has 0 unspecified atom stereocenters. The Morgan fingerprint density at radius 1 is 1.19 bits per heavy atom. The van der Waals surface area contributed by atoms with Crippen LogP contribution in [0.3, 0.4) is 0 Å². The molecule has 3 rings (SSSR count). The highest BCUT2D eigenvalue weighted by atomic mass is 16.5. The number of fused-ring (bicyclic) bond motifs is 3. The number of rotatable bonds is 0. The Morgan fingerprint density at radius 2 is 1.94 bits per heavy atom. The zero-order valence-electron chi connectivity index (χ0n) is 9.83. The van der Waals surface area contributed by atoms with Crippen LogP contribution in [0.25, 0.3) is 0 Å². The molecule has 1 heterocycles. The summed E-state index contributed by atoms with van der Waals surface area (Å²) in [6.45, 7) is 2.81. The third kappa shape index (κ3) is 1.48. The second kappa shape index (κ2) is 3.86. The van der Waals surface area contributed by atoms with E-state index < -0.39 is 0 Å². The van der Waals surface area contributed by atoms with E-state index in [4.69, 9.17) is 10.5 Å². The fraction of sp³-hybridized carbons (Fsp3) is 0.571. The van der Waals surface area contributed by atoms with Gasteiger partial charge in [0.05, 0.1) is 18.8 Å². The zero-order valence-corrected chi connectivity index (χ0v) is 9.83. The smallest absolute Gasteiger partial charge is 0.0744 e. The average molecular weight is 217 g/mol. The molecule has 1 aromatic rings. The number of aryl methyl sites for hydroxylation is 1. The Kier molecular flexibility index (Phi) is 2.49. The van der Waals surface area contributed by atoms with Gasteiger partial charge in [0.2, 0.25) is 0 Å². The summed E-state index contributed by atoms with van der Waals surface area (Å²) in [5, 5.41) is 0. The van der Waals surface area contributed by atoms with E-state index in [2.05, 4.69) is 19.1 Å². The van der Waals surface area contributed by atoms with Gasteiger partial charge in [0.15, 0.2) is 0 Å². The van der Waals surface area contributed by atoms with Crippen LogP contribution in [0.4, 0.5) is 0 Å². The molecule has 0 bridgehead atoms. The Balaban J connectivity index is 2.14. The van der Waals surface area contributed by atoms with Crippen molar-refractivity contribution in [2.24, 2.45) is 5.73 Å². The van der Waals surface area contributed by atoms with E-state index >= 15 is 0 Å². The summed E-state index contributed by atoms with van der Waals surface area (Å²) in [5.41, 5.74) is 12.1. The third-order valence-corrected chi connectivity index (χ3v) is 4.01. The van der Waals surface area contributed by atoms with Gasteiger partial charge in [-0.05, 0) is 54.9 Å². The Morgan fingerprint density at radius 3 is 2.81 bits per heavy atom. The van der Waals surface area contributed by atoms with E-state index in [1.165, 1.54) is 47.9 Å². The number of hydrogen-bond donors (Lipinski definition) is 1. The van der Waals surface area contributed by atoms with Crippen molar-refractivity contribution in [3.8, 4) is 0 Å². The minimum Gasteiger partial charge on any atom is -0.372 e. The number of hydrogen-bond acceptors (Lipinski definition) is 2. The fourth-order valence-corrected chi connectivity index (χ4v) is 3.01. The second-order valence-corrected chi connectivity index (χ2v) is 5.03. The summed E-state index contributed by atoms with van der Waals surface area (Å²) >= 11 is 0. The van der Waals surface area contributed by atoms with Crippen LogP contribution < -0.4 is 5.73 Å². The molecule has 0 radical (unpaired) electrons. The molecule has 2 aliphatic rings. The molecule has 1 aromatic carbocycles. The first-order chi connectivity index (χ1) is 7.77. The molecule has 0 spiro atoms. The molecule has 16 heavy (non-hydrogen) atoms. The molecular weight excluding hydrogens is 198 g/mol. The van der Waals surface area contributed by atoms with Gasteiger partial charge in [-0.3, -0.25) is 0 Å². The molecule has 2 atom stereocenters. The molecule has 0 saturated heterocycles. The topological polar surface area (TPSA) is 35.2 Å². The van der Waals surface area contributed by atoms with Gasteiger partial charge in [-0.25, -0.2) is 0 Å². The van der Waals surface area contributed by atoms with E-state index in [1.54, 1.807) is 0 Å². The maximum Gasteiger partial charge on any atom is 0.0744 e. The molecule has 0 fully saturated rings. The highest BCUT2D eigenvalue weighted by molar-refractivity contribution is 5.45. The van der Waals surface area contributed by atoms with Gasteiger partial charge in [0.25, 0.3) is 0 Å². The molecule has 0 saturated carbocycles. The van der Waals surface area contributed by atoms with Crippen LogP contribution in [0.2, 0.25) is 0 Å². The lowest BCUT2D eigenvalue weighted by molar-refractivity contribution is 0.0209. The Bertz CT molecular complexity index is 413. The molecule has 1 aliphatic carbocycles. The molecule has 2 heteroatoms. The van der Waals surface area contributed by atoms with E-state index in [1.807, 2.05) is 0 Å². The van der Waals surface area contributed by atoms with Gasteiger partial charge in [-0.2, -0.15) is 0 Å². The van der Waals surface area contributed by atoms with Crippen LogP contribution in [0.1, 0.15) is 48.1 Å². The maximum atomic E-state index is 6.29. The van der Waals surface area contributed by atoms with Crippen LogP contribution in [0, 0.1) is 0 Å². The first kappa shape index (κ1) is 10.3. The lowest BCUT2D eigenvalue weighted by atomic mass is 9.81. The summed E-state index contributed by atoms with van der Waals surface area (Å²) in [7, 11) is 0. The number of nitrogens with two attached hydrogens (primary N) is 1. The van der Waals surface area contributed by atoms with Gasteiger partial charge in [-0.1, -0.05) is 12.1 Å². The molecule has 86 valence electrons. The van der Waals surface area contributed by atoms with Crippen molar-refractivity contribution in [1.29, 1.82) is 0 Å². The molecule has 0 amide bonds. The van der Waals surface area contributed by atoms with Crippen LogP contribution >= 0.6 is 0 Å². The van der Waals surface area contributed by atoms with Crippen molar-refractivity contribution in [2.45, 2.75) is 51.4 Å². The molecule has 0 aromatic heterocycles. The van der Waals surface area contributed by atoms with Gasteiger partial charge in [0, 0.05) is 0 Å². The van der Waals surface area contributed by atoms with Gasteiger partial charge >= 0.3 is 0 Å². The highest BCUT2D eigenvalue weighted by Gasteiger charge is 2.28. The SMILES string of the molecule is C[C@@H]1OCc2ccc3c(c2[C@@H]1N)CCCC3. The largest absolute Gasteiger partial charge is 0.372 e. The number of benzene rings is 1. The molecular formula is C14H19NO. The van der Waals surface area contributed by atoms with Crippen LogP contribution in [-0.4, -0.2) is 6.10 Å². The first-order valence-electron chi connectivity index (χ1n) is 6.28. The predicted molar refractivity (Wildman–Crippen MR) is 64.3 cm³/mol. The number of ether oxygens (including phenoxy) is 1. The molecule has 2 N–H and O–H groups in total. The van der Waals surface area contributed by atoms with Crippen molar-refractivity contribution < 1.29 is 4.74 Å². The van der Waals surface area contributed by atoms with Crippen molar-refractivity contribution >= 4 is 0 Å². The lowest BCUT2D eigenvalue weighted by Gasteiger charge is -2.33. The highest BCUT2D eigenvalue weighted by Crippen LogP contribution is 2.35. The van der Waals surface area contributed by atoms with Gasteiger partial charge < -0.3 is 10.5 Å². The van der Waals surface area contributed by atoms with E-state index in [0.717, 1.165) is 6.61 Å². The zero-order chi connectivity index (χ0) is 11.1. The minimum absolute atomic E-state index is 0.0665. The van der Waals surface area contributed by atoms with Crippen molar-refractivity contribution in [3.63, 3.8) is 0 Å².